The number of rotatable bonds is 4. The summed E-state index contributed by atoms with van der Waals surface area (Å²) in [7, 11) is 0. The zero-order chi connectivity index (χ0) is 13.8. The quantitative estimate of drug-likeness (QED) is 0.911. The molecule has 1 heterocycles. The van der Waals surface area contributed by atoms with Gasteiger partial charge in [-0.2, -0.15) is 0 Å². The molecule has 100 valence electrons. The highest BCUT2D eigenvalue weighted by atomic mass is 15.2. The molecule has 0 unspecified atom stereocenters. The second-order valence-corrected chi connectivity index (χ2v) is 4.72. The first kappa shape index (κ1) is 13.6. The van der Waals surface area contributed by atoms with Crippen molar-refractivity contribution < 1.29 is 0 Å². The zero-order valence-corrected chi connectivity index (χ0v) is 11.9. The van der Waals surface area contributed by atoms with Crippen LogP contribution in [0.2, 0.25) is 0 Å². The molecule has 0 aliphatic heterocycles. The summed E-state index contributed by atoms with van der Waals surface area (Å²) in [5, 5.41) is 0. The molecule has 3 heteroatoms. The average Bonchev–Trinajstić information content (AvgIpc) is 2.40. The first-order valence-corrected chi connectivity index (χ1v) is 6.66. The van der Waals surface area contributed by atoms with E-state index in [9.17, 15) is 0 Å². The highest BCUT2D eigenvalue weighted by Crippen LogP contribution is 2.28. The van der Waals surface area contributed by atoms with Crippen molar-refractivity contribution in [3.8, 4) is 0 Å². The van der Waals surface area contributed by atoms with Crippen molar-refractivity contribution in [1.29, 1.82) is 0 Å². The number of nitrogens with two attached hydrogens (primary N) is 1. The summed E-state index contributed by atoms with van der Waals surface area (Å²) in [6.45, 7) is 7.69. The van der Waals surface area contributed by atoms with Crippen LogP contribution in [-0.4, -0.2) is 11.5 Å². The standard InChI is InChI=1S/C16H21N3/c1-4-19(14-7-5-6-12(2)10-14)16-15(11-17)13(3)8-9-18-16/h5-10H,4,11,17H2,1-3H3. The third-order valence-electron chi connectivity index (χ3n) is 3.36. The van der Waals surface area contributed by atoms with E-state index >= 15 is 0 Å². The summed E-state index contributed by atoms with van der Waals surface area (Å²) >= 11 is 0. The van der Waals surface area contributed by atoms with Crippen LogP contribution in [0.3, 0.4) is 0 Å². The lowest BCUT2D eigenvalue weighted by molar-refractivity contribution is 0.938. The molecule has 0 saturated carbocycles. The smallest absolute Gasteiger partial charge is 0.137 e. The minimum absolute atomic E-state index is 0.511. The van der Waals surface area contributed by atoms with Crippen molar-refractivity contribution in [1.82, 2.24) is 4.98 Å². The van der Waals surface area contributed by atoms with Crippen molar-refractivity contribution >= 4 is 11.5 Å². The van der Waals surface area contributed by atoms with Crippen LogP contribution in [0.1, 0.15) is 23.6 Å². The molecule has 0 amide bonds. The average molecular weight is 255 g/mol. The Morgan fingerprint density at radius 1 is 1.21 bits per heavy atom. The number of benzene rings is 1. The number of hydrogen-bond donors (Lipinski definition) is 1. The van der Waals surface area contributed by atoms with Gasteiger partial charge in [0.05, 0.1) is 0 Å². The van der Waals surface area contributed by atoms with Crippen LogP contribution in [0.25, 0.3) is 0 Å². The third kappa shape index (κ3) is 2.76. The number of hydrogen-bond acceptors (Lipinski definition) is 3. The highest BCUT2D eigenvalue weighted by molar-refractivity contribution is 5.64. The first-order valence-electron chi connectivity index (χ1n) is 6.66. The lowest BCUT2D eigenvalue weighted by atomic mass is 10.1. The zero-order valence-electron chi connectivity index (χ0n) is 11.9. The molecule has 19 heavy (non-hydrogen) atoms. The molecule has 2 aromatic rings. The third-order valence-corrected chi connectivity index (χ3v) is 3.36. The van der Waals surface area contributed by atoms with Gasteiger partial charge in [0, 0.05) is 30.5 Å². The van der Waals surface area contributed by atoms with E-state index in [-0.39, 0.29) is 0 Å². The summed E-state index contributed by atoms with van der Waals surface area (Å²) in [5.41, 5.74) is 10.6. The lowest BCUT2D eigenvalue weighted by Crippen LogP contribution is -2.20. The molecule has 1 aromatic heterocycles. The van der Waals surface area contributed by atoms with Gasteiger partial charge in [-0.1, -0.05) is 12.1 Å². The summed E-state index contributed by atoms with van der Waals surface area (Å²) in [5.74, 6) is 0.968. The molecule has 0 aliphatic rings. The van der Waals surface area contributed by atoms with Gasteiger partial charge >= 0.3 is 0 Å². The van der Waals surface area contributed by atoms with Crippen LogP contribution in [0.5, 0.6) is 0 Å². The van der Waals surface area contributed by atoms with Crippen molar-refractivity contribution in [2.75, 3.05) is 11.4 Å². The largest absolute Gasteiger partial charge is 0.326 e. The monoisotopic (exact) mass is 255 g/mol. The lowest BCUT2D eigenvalue weighted by Gasteiger charge is -2.25. The Morgan fingerprint density at radius 3 is 2.63 bits per heavy atom. The number of pyridine rings is 1. The van der Waals surface area contributed by atoms with Gasteiger partial charge in [-0.3, -0.25) is 0 Å². The summed E-state index contributed by atoms with van der Waals surface area (Å²) in [6.07, 6.45) is 1.85. The molecular weight excluding hydrogens is 234 g/mol. The fraction of sp³-hybridized carbons (Fsp3) is 0.312. The maximum absolute atomic E-state index is 5.89. The van der Waals surface area contributed by atoms with Crippen LogP contribution in [0.15, 0.2) is 36.5 Å². The van der Waals surface area contributed by atoms with Crippen LogP contribution >= 0.6 is 0 Å². The van der Waals surface area contributed by atoms with E-state index in [1.807, 2.05) is 12.3 Å². The van der Waals surface area contributed by atoms with E-state index in [2.05, 4.69) is 54.9 Å². The second-order valence-electron chi connectivity index (χ2n) is 4.72. The van der Waals surface area contributed by atoms with E-state index in [1.54, 1.807) is 0 Å². The van der Waals surface area contributed by atoms with Gasteiger partial charge in [-0.05, 0) is 50.1 Å². The maximum atomic E-state index is 5.89. The van der Waals surface area contributed by atoms with Gasteiger partial charge in [0.15, 0.2) is 0 Å². The molecule has 0 aliphatic carbocycles. The van der Waals surface area contributed by atoms with E-state index in [0.29, 0.717) is 6.54 Å². The molecule has 0 fully saturated rings. The molecule has 2 rings (SSSR count). The molecular formula is C16H21N3. The van der Waals surface area contributed by atoms with Crippen LogP contribution in [0.4, 0.5) is 11.5 Å². The van der Waals surface area contributed by atoms with Gasteiger partial charge in [-0.25, -0.2) is 4.98 Å². The predicted molar refractivity (Wildman–Crippen MR) is 80.7 cm³/mol. The molecule has 1 aromatic carbocycles. The Bertz CT molecular complexity index is 564. The van der Waals surface area contributed by atoms with Crippen molar-refractivity contribution in [3.63, 3.8) is 0 Å². The SMILES string of the molecule is CCN(c1cccc(C)c1)c1nccc(C)c1CN. The molecule has 3 nitrogen and oxygen atoms in total. The minimum atomic E-state index is 0.511. The topological polar surface area (TPSA) is 42.2 Å². The minimum Gasteiger partial charge on any atom is -0.326 e. The van der Waals surface area contributed by atoms with Gasteiger partial charge in [0.2, 0.25) is 0 Å². The van der Waals surface area contributed by atoms with E-state index in [4.69, 9.17) is 5.73 Å². The van der Waals surface area contributed by atoms with Crippen LogP contribution in [-0.2, 0) is 6.54 Å². The van der Waals surface area contributed by atoms with E-state index in [0.717, 1.165) is 23.6 Å². The van der Waals surface area contributed by atoms with Crippen molar-refractivity contribution in [3.05, 3.63) is 53.2 Å². The van der Waals surface area contributed by atoms with Gasteiger partial charge in [0.1, 0.15) is 5.82 Å². The van der Waals surface area contributed by atoms with Gasteiger partial charge in [0.25, 0.3) is 0 Å². The fourth-order valence-electron chi connectivity index (χ4n) is 2.31. The van der Waals surface area contributed by atoms with E-state index < -0.39 is 0 Å². The van der Waals surface area contributed by atoms with Gasteiger partial charge in [-0.15, -0.1) is 0 Å². The summed E-state index contributed by atoms with van der Waals surface area (Å²) < 4.78 is 0. The van der Waals surface area contributed by atoms with Gasteiger partial charge < -0.3 is 10.6 Å². The highest BCUT2D eigenvalue weighted by Gasteiger charge is 2.14. The summed E-state index contributed by atoms with van der Waals surface area (Å²) in [4.78, 5) is 6.74. The maximum Gasteiger partial charge on any atom is 0.137 e. The number of nitrogens with zero attached hydrogens (tertiary/aromatic N) is 2. The Kier molecular flexibility index (Phi) is 4.17. The normalized spacial score (nSPS) is 10.5. The van der Waals surface area contributed by atoms with Crippen molar-refractivity contribution in [2.45, 2.75) is 27.3 Å². The van der Waals surface area contributed by atoms with E-state index in [1.165, 1.54) is 11.1 Å². The molecule has 0 bridgehead atoms. The number of aromatic nitrogens is 1. The van der Waals surface area contributed by atoms with Crippen molar-refractivity contribution in [2.24, 2.45) is 5.73 Å². The van der Waals surface area contributed by atoms with Crippen LogP contribution in [0, 0.1) is 13.8 Å². The Balaban J connectivity index is 2.51. The predicted octanol–water partition coefficient (Wildman–Crippen LogP) is 3.32. The summed E-state index contributed by atoms with van der Waals surface area (Å²) in [6, 6.07) is 10.5. The molecule has 0 saturated heterocycles. The molecule has 0 atom stereocenters. The molecule has 0 radical (unpaired) electrons. The number of anilines is 2. The van der Waals surface area contributed by atoms with Crippen LogP contribution < -0.4 is 10.6 Å². The Labute approximate surface area is 115 Å². The fourth-order valence-corrected chi connectivity index (χ4v) is 2.31. The first-order chi connectivity index (χ1) is 9.17. The second kappa shape index (κ2) is 5.85. The Morgan fingerprint density at radius 2 is 2.00 bits per heavy atom. The Hall–Kier alpha value is -1.87. The molecule has 0 spiro atoms. The molecule has 2 N–H and O–H groups in total. The number of aryl methyl sites for hydroxylation is 2.